The zero-order chi connectivity index (χ0) is 21.2. The van der Waals surface area contributed by atoms with Crippen LogP contribution in [0, 0.1) is 35.0 Å². The van der Waals surface area contributed by atoms with E-state index in [2.05, 4.69) is 61.4 Å². The fourth-order valence-corrected chi connectivity index (χ4v) is 9.17. The Hall–Kier alpha value is -1.41. The van der Waals surface area contributed by atoms with Gasteiger partial charge in [-0.25, -0.2) is 0 Å². The van der Waals surface area contributed by atoms with E-state index in [1.165, 1.54) is 68.6 Å². The van der Waals surface area contributed by atoms with Gasteiger partial charge in [-0.2, -0.15) is 0 Å². The zero-order valence-corrected chi connectivity index (χ0v) is 19.8. The number of nitrogens with zero attached hydrogens (tertiary/aromatic N) is 2. The monoisotopic (exact) mass is 416 g/mol. The third-order valence-electron chi connectivity index (χ3n) is 10.7. The summed E-state index contributed by atoms with van der Waals surface area (Å²) in [4.78, 5) is 6.89. The highest BCUT2D eigenvalue weighted by Crippen LogP contribution is 2.66. The van der Waals surface area contributed by atoms with Crippen molar-refractivity contribution in [1.29, 1.82) is 0 Å². The molecule has 0 aliphatic heterocycles. The second kappa shape index (κ2) is 7.58. The van der Waals surface area contributed by atoms with E-state index in [4.69, 9.17) is 0 Å². The number of hydrogen-bond acceptors (Lipinski definition) is 2. The Morgan fingerprint density at radius 1 is 0.871 bits per heavy atom. The van der Waals surface area contributed by atoms with Crippen LogP contribution in [-0.2, 0) is 0 Å². The lowest BCUT2D eigenvalue weighted by atomic mass is 9.49. The van der Waals surface area contributed by atoms with Crippen LogP contribution in [0.2, 0.25) is 0 Å². The van der Waals surface area contributed by atoms with Gasteiger partial charge in [0.15, 0.2) is 0 Å². The van der Waals surface area contributed by atoms with Gasteiger partial charge in [-0.3, -0.25) is 4.98 Å². The zero-order valence-electron chi connectivity index (χ0n) is 19.8. The average molecular weight is 417 g/mol. The van der Waals surface area contributed by atoms with E-state index in [0.717, 1.165) is 41.5 Å². The first-order chi connectivity index (χ1) is 15.0. The largest absolute Gasteiger partial charge is 0.306 e. The highest BCUT2D eigenvalue weighted by Gasteiger charge is 2.57. The predicted octanol–water partition coefficient (Wildman–Crippen LogP) is 6.90. The standard InChI is InChI=1S/C29H40N2/c1-29-14-12-25-24-9-7-23(31(2)3)17-20(24)6-8-26(25)28(29)11-10-27(29)21-5-4-19-13-15-30-18-22(19)16-21/h4-5,13,15-16,18,20,23-28H,6-12,14,17H2,1-3H3/t20-,23-,24-,25?,26+,27+,28-,29+/m0/s1. The number of aromatic nitrogens is 1. The van der Waals surface area contributed by atoms with Gasteiger partial charge in [0.2, 0.25) is 0 Å². The summed E-state index contributed by atoms with van der Waals surface area (Å²) >= 11 is 0. The van der Waals surface area contributed by atoms with Gasteiger partial charge >= 0.3 is 0 Å². The summed E-state index contributed by atoms with van der Waals surface area (Å²) in [5, 5.41) is 2.65. The van der Waals surface area contributed by atoms with Crippen LogP contribution in [0.5, 0.6) is 0 Å². The second-order valence-corrected chi connectivity index (χ2v) is 12.0. The Morgan fingerprint density at radius 3 is 2.61 bits per heavy atom. The Labute approximate surface area is 188 Å². The summed E-state index contributed by atoms with van der Waals surface area (Å²) in [6.45, 7) is 2.67. The minimum absolute atomic E-state index is 0.505. The van der Waals surface area contributed by atoms with Gasteiger partial charge < -0.3 is 4.90 Å². The molecule has 0 saturated heterocycles. The molecule has 4 aliphatic carbocycles. The molecule has 1 unspecified atom stereocenters. The van der Waals surface area contributed by atoms with Crippen molar-refractivity contribution in [2.75, 3.05) is 14.1 Å². The molecule has 1 aromatic heterocycles. The first kappa shape index (κ1) is 20.2. The summed E-state index contributed by atoms with van der Waals surface area (Å²) in [6.07, 6.45) is 17.2. The summed E-state index contributed by atoms with van der Waals surface area (Å²) in [5.41, 5.74) is 2.09. The van der Waals surface area contributed by atoms with E-state index in [-0.39, 0.29) is 0 Å². The van der Waals surface area contributed by atoms with Crippen molar-refractivity contribution in [3.8, 4) is 0 Å². The van der Waals surface area contributed by atoms with Crippen LogP contribution in [0.1, 0.15) is 76.2 Å². The van der Waals surface area contributed by atoms with Crippen molar-refractivity contribution in [3.63, 3.8) is 0 Å². The number of hydrogen-bond donors (Lipinski definition) is 0. The van der Waals surface area contributed by atoms with E-state index in [1.807, 2.05) is 6.20 Å². The van der Waals surface area contributed by atoms with Crippen LogP contribution in [0.4, 0.5) is 0 Å². The molecule has 0 bridgehead atoms. The fraction of sp³-hybridized carbons (Fsp3) is 0.690. The lowest BCUT2D eigenvalue weighted by Gasteiger charge is -2.56. The Morgan fingerprint density at radius 2 is 1.74 bits per heavy atom. The number of rotatable bonds is 2. The number of pyridine rings is 1. The normalized spacial score (nSPS) is 42.3. The highest BCUT2D eigenvalue weighted by atomic mass is 15.1. The van der Waals surface area contributed by atoms with Crippen molar-refractivity contribution in [1.82, 2.24) is 9.88 Å². The van der Waals surface area contributed by atoms with Crippen LogP contribution < -0.4 is 0 Å². The molecule has 4 aliphatic rings. The molecule has 1 aromatic carbocycles. The molecule has 4 fully saturated rings. The third-order valence-corrected chi connectivity index (χ3v) is 10.7. The van der Waals surface area contributed by atoms with Crippen LogP contribution in [0.3, 0.4) is 0 Å². The molecule has 8 atom stereocenters. The topological polar surface area (TPSA) is 16.1 Å². The maximum atomic E-state index is 4.38. The Bertz CT molecular complexity index is 951. The summed E-state index contributed by atoms with van der Waals surface area (Å²) in [6, 6.07) is 10.2. The third kappa shape index (κ3) is 3.19. The molecule has 4 saturated carbocycles. The average Bonchev–Trinajstić information content (AvgIpc) is 3.15. The lowest BCUT2D eigenvalue weighted by molar-refractivity contribution is -0.0624. The van der Waals surface area contributed by atoms with E-state index in [0.29, 0.717) is 5.41 Å². The first-order valence-corrected chi connectivity index (χ1v) is 13.0. The van der Waals surface area contributed by atoms with Crippen molar-refractivity contribution < 1.29 is 0 Å². The van der Waals surface area contributed by atoms with Gasteiger partial charge in [0, 0.05) is 23.8 Å². The smallest absolute Gasteiger partial charge is 0.0346 e. The number of benzene rings is 1. The lowest BCUT2D eigenvalue weighted by Crippen LogP contribution is -2.49. The molecule has 166 valence electrons. The van der Waals surface area contributed by atoms with Gasteiger partial charge in [-0.1, -0.05) is 19.1 Å². The molecular weight excluding hydrogens is 376 g/mol. The van der Waals surface area contributed by atoms with Crippen molar-refractivity contribution in [2.24, 2.45) is 35.0 Å². The minimum Gasteiger partial charge on any atom is -0.306 e. The van der Waals surface area contributed by atoms with Gasteiger partial charge in [0.05, 0.1) is 0 Å². The molecule has 31 heavy (non-hydrogen) atoms. The van der Waals surface area contributed by atoms with Gasteiger partial charge in [-0.05, 0) is 136 Å². The fourth-order valence-electron chi connectivity index (χ4n) is 9.17. The van der Waals surface area contributed by atoms with Gasteiger partial charge in [0.1, 0.15) is 0 Å². The number of fused-ring (bicyclic) bond motifs is 6. The Balaban J connectivity index is 1.24. The summed E-state index contributed by atoms with van der Waals surface area (Å²) in [5.74, 6) is 5.77. The molecule has 1 heterocycles. The van der Waals surface area contributed by atoms with Crippen molar-refractivity contribution in [3.05, 3.63) is 42.2 Å². The molecule has 2 aromatic rings. The molecule has 2 heteroatoms. The summed E-state index contributed by atoms with van der Waals surface area (Å²) < 4.78 is 0. The highest BCUT2D eigenvalue weighted by molar-refractivity contribution is 5.82. The van der Waals surface area contributed by atoms with Crippen LogP contribution in [-0.4, -0.2) is 30.0 Å². The van der Waals surface area contributed by atoms with Crippen LogP contribution in [0.25, 0.3) is 10.8 Å². The molecule has 2 nitrogen and oxygen atoms in total. The maximum Gasteiger partial charge on any atom is 0.0346 e. The minimum atomic E-state index is 0.505. The predicted molar refractivity (Wildman–Crippen MR) is 129 cm³/mol. The van der Waals surface area contributed by atoms with Crippen LogP contribution >= 0.6 is 0 Å². The van der Waals surface area contributed by atoms with Crippen molar-refractivity contribution >= 4 is 10.8 Å². The SMILES string of the molecule is CN(C)[C@H]1CC[C@@H]2C3CC[C@]4(C)[C@@H](c5ccc6ccncc6c5)CC[C@H]4[C@@H]3CC[C@H]2C1. The van der Waals surface area contributed by atoms with E-state index in [9.17, 15) is 0 Å². The van der Waals surface area contributed by atoms with Crippen molar-refractivity contribution in [2.45, 2.75) is 76.7 Å². The summed E-state index contributed by atoms with van der Waals surface area (Å²) in [7, 11) is 4.59. The molecular formula is C29H40N2. The molecule has 0 spiro atoms. The van der Waals surface area contributed by atoms with Gasteiger partial charge in [-0.15, -0.1) is 0 Å². The first-order valence-electron chi connectivity index (χ1n) is 13.0. The van der Waals surface area contributed by atoms with E-state index >= 15 is 0 Å². The molecule has 0 amide bonds. The van der Waals surface area contributed by atoms with E-state index in [1.54, 1.807) is 5.56 Å². The van der Waals surface area contributed by atoms with Gasteiger partial charge in [0.25, 0.3) is 0 Å². The van der Waals surface area contributed by atoms with Crippen LogP contribution in [0.15, 0.2) is 36.7 Å². The maximum absolute atomic E-state index is 4.38. The molecule has 6 rings (SSSR count). The molecule has 0 radical (unpaired) electrons. The quantitative estimate of drug-likeness (QED) is 0.529. The molecule has 0 N–H and O–H groups in total. The van der Waals surface area contributed by atoms with E-state index < -0.39 is 0 Å². The Kier molecular flexibility index (Phi) is 4.94. The second-order valence-electron chi connectivity index (χ2n) is 12.0.